The molecule has 0 aliphatic rings. The predicted molar refractivity (Wildman–Crippen MR) is 97.6 cm³/mol. The molecule has 0 unspecified atom stereocenters. The molecule has 0 aliphatic heterocycles. The van der Waals surface area contributed by atoms with Gasteiger partial charge in [-0.2, -0.15) is 0 Å². The number of thiazole rings is 1. The van der Waals surface area contributed by atoms with Gasteiger partial charge in [-0.15, -0.1) is 11.3 Å². The molecule has 0 radical (unpaired) electrons. The molecule has 0 atom stereocenters. The quantitative estimate of drug-likeness (QED) is 0.666. The highest BCUT2D eigenvalue weighted by atomic mass is 32.1. The van der Waals surface area contributed by atoms with Gasteiger partial charge < -0.3 is 10.1 Å². The minimum absolute atomic E-state index is 0.0697. The SMILES string of the molecule is Cc1ccc(-c2nc(C(=O)OCC(=O)Nc3cc(F)ccc3F)cs2)cc1. The van der Waals surface area contributed by atoms with Crippen molar-refractivity contribution in [3.63, 3.8) is 0 Å². The van der Waals surface area contributed by atoms with Crippen LogP contribution in [0.25, 0.3) is 10.6 Å². The van der Waals surface area contributed by atoms with Crippen molar-refractivity contribution in [1.82, 2.24) is 4.98 Å². The molecule has 5 nitrogen and oxygen atoms in total. The third kappa shape index (κ3) is 4.73. The Morgan fingerprint density at radius 2 is 1.89 bits per heavy atom. The van der Waals surface area contributed by atoms with E-state index in [1.165, 1.54) is 16.7 Å². The lowest BCUT2D eigenvalue weighted by Gasteiger charge is -2.06. The summed E-state index contributed by atoms with van der Waals surface area (Å²) >= 11 is 1.27. The molecule has 3 aromatic rings. The van der Waals surface area contributed by atoms with Gasteiger partial charge in [-0.3, -0.25) is 4.79 Å². The second-order valence-corrected chi connectivity index (χ2v) is 6.51. The van der Waals surface area contributed by atoms with Crippen LogP contribution in [0, 0.1) is 18.6 Å². The third-order valence-electron chi connectivity index (χ3n) is 3.55. The molecule has 0 bridgehead atoms. The van der Waals surface area contributed by atoms with Gasteiger partial charge in [0.1, 0.15) is 16.6 Å². The van der Waals surface area contributed by atoms with Crippen LogP contribution in [0.3, 0.4) is 0 Å². The summed E-state index contributed by atoms with van der Waals surface area (Å²) in [4.78, 5) is 28.0. The van der Waals surface area contributed by atoms with Crippen LogP contribution in [0.2, 0.25) is 0 Å². The fourth-order valence-electron chi connectivity index (χ4n) is 2.18. The highest BCUT2D eigenvalue weighted by molar-refractivity contribution is 7.13. The number of ether oxygens (including phenoxy) is 1. The predicted octanol–water partition coefficient (Wildman–Crippen LogP) is 4.19. The average Bonchev–Trinajstić information content (AvgIpc) is 3.13. The minimum atomic E-state index is -0.793. The molecule has 1 heterocycles. The van der Waals surface area contributed by atoms with Gasteiger partial charge in [0.25, 0.3) is 5.91 Å². The molecule has 3 rings (SSSR count). The van der Waals surface area contributed by atoms with E-state index in [2.05, 4.69) is 10.3 Å². The van der Waals surface area contributed by atoms with Gasteiger partial charge in [0.2, 0.25) is 0 Å². The van der Waals surface area contributed by atoms with E-state index in [9.17, 15) is 18.4 Å². The van der Waals surface area contributed by atoms with Gasteiger partial charge in [-0.25, -0.2) is 18.6 Å². The number of hydrogen-bond donors (Lipinski definition) is 1. The standard InChI is InChI=1S/C19H14F2N2O3S/c1-11-2-4-12(5-3-11)18-23-16(10-27-18)19(25)26-9-17(24)22-15-8-13(20)6-7-14(15)21/h2-8,10H,9H2,1H3,(H,22,24). The van der Waals surface area contributed by atoms with E-state index in [1.807, 2.05) is 31.2 Å². The summed E-state index contributed by atoms with van der Waals surface area (Å²) in [6.07, 6.45) is 0. The van der Waals surface area contributed by atoms with E-state index in [0.717, 1.165) is 29.3 Å². The van der Waals surface area contributed by atoms with Crippen molar-refractivity contribution in [2.75, 3.05) is 11.9 Å². The number of amides is 1. The van der Waals surface area contributed by atoms with Crippen molar-refractivity contribution < 1.29 is 23.1 Å². The summed E-state index contributed by atoms with van der Waals surface area (Å²) in [6, 6.07) is 10.3. The second-order valence-electron chi connectivity index (χ2n) is 5.65. The Hall–Kier alpha value is -3.13. The number of nitrogens with zero attached hydrogens (tertiary/aromatic N) is 1. The van der Waals surface area contributed by atoms with Gasteiger partial charge in [0, 0.05) is 17.0 Å². The highest BCUT2D eigenvalue weighted by Gasteiger charge is 2.16. The van der Waals surface area contributed by atoms with Crippen molar-refractivity contribution in [1.29, 1.82) is 0 Å². The summed E-state index contributed by atoms with van der Waals surface area (Å²) in [7, 11) is 0. The molecule has 1 N–H and O–H groups in total. The molecular weight excluding hydrogens is 374 g/mol. The molecule has 0 aliphatic carbocycles. The number of nitrogens with one attached hydrogen (secondary N) is 1. The number of carbonyl (C=O) groups is 2. The number of benzene rings is 2. The number of esters is 1. The van der Waals surface area contributed by atoms with Gasteiger partial charge in [0.15, 0.2) is 12.3 Å². The van der Waals surface area contributed by atoms with Crippen molar-refractivity contribution in [2.24, 2.45) is 0 Å². The van der Waals surface area contributed by atoms with Crippen molar-refractivity contribution in [3.05, 3.63) is 70.7 Å². The van der Waals surface area contributed by atoms with Crippen LogP contribution in [0.5, 0.6) is 0 Å². The zero-order valence-corrected chi connectivity index (χ0v) is 15.0. The lowest BCUT2D eigenvalue weighted by Crippen LogP contribution is -2.21. The first-order valence-corrected chi connectivity index (χ1v) is 8.75. The Bertz CT molecular complexity index is 987. The Kier molecular flexibility index (Phi) is 5.56. The summed E-state index contributed by atoms with van der Waals surface area (Å²) in [5.74, 6) is -3.06. The first-order valence-electron chi connectivity index (χ1n) is 7.87. The molecule has 27 heavy (non-hydrogen) atoms. The van der Waals surface area contributed by atoms with Gasteiger partial charge >= 0.3 is 5.97 Å². The number of rotatable bonds is 5. The number of aryl methyl sites for hydroxylation is 1. The molecule has 8 heteroatoms. The first-order chi connectivity index (χ1) is 12.9. The molecule has 2 aromatic carbocycles. The van der Waals surface area contributed by atoms with Crippen LogP contribution in [0.15, 0.2) is 47.8 Å². The maximum absolute atomic E-state index is 13.5. The van der Waals surface area contributed by atoms with Crippen LogP contribution in [0.4, 0.5) is 14.5 Å². The summed E-state index contributed by atoms with van der Waals surface area (Å²) in [5, 5.41) is 4.32. The number of hydrogen-bond acceptors (Lipinski definition) is 5. The van der Waals surface area contributed by atoms with E-state index in [0.29, 0.717) is 5.01 Å². The molecule has 0 spiro atoms. The molecule has 1 aromatic heterocycles. The zero-order chi connectivity index (χ0) is 19.4. The largest absolute Gasteiger partial charge is 0.451 e. The Labute approximate surface area is 157 Å². The fourth-order valence-corrected chi connectivity index (χ4v) is 2.98. The van der Waals surface area contributed by atoms with Gasteiger partial charge in [-0.05, 0) is 19.1 Å². The number of anilines is 1. The smallest absolute Gasteiger partial charge is 0.358 e. The summed E-state index contributed by atoms with van der Waals surface area (Å²) < 4.78 is 31.4. The van der Waals surface area contributed by atoms with E-state index in [-0.39, 0.29) is 11.4 Å². The monoisotopic (exact) mass is 388 g/mol. The molecule has 138 valence electrons. The van der Waals surface area contributed by atoms with Crippen molar-refractivity contribution in [2.45, 2.75) is 6.92 Å². The minimum Gasteiger partial charge on any atom is -0.451 e. The maximum atomic E-state index is 13.5. The number of carbonyl (C=O) groups excluding carboxylic acids is 2. The zero-order valence-electron chi connectivity index (χ0n) is 14.2. The Morgan fingerprint density at radius 3 is 2.63 bits per heavy atom. The van der Waals surface area contributed by atoms with Crippen LogP contribution >= 0.6 is 11.3 Å². The molecule has 0 saturated carbocycles. The maximum Gasteiger partial charge on any atom is 0.358 e. The van der Waals surface area contributed by atoms with Crippen LogP contribution in [0.1, 0.15) is 16.1 Å². The highest BCUT2D eigenvalue weighted by Crippen LogP contribution is 2.24. The summed E-state index contributed by atoms with van der Waals surface area (Å²) in [5.41, 5.74) is 1.71. The van der Waals surface area contributed by atoms with E-state index < -0.39 is 30.1 Å². The Morgan fingerprint density at radius 1 is 1.15 bits per heavy atom. The number of aromatic nitrogens is 1. The van der Waals surface area contributed by atoms with Crippen LogP contribution < -0.4 is 5.32 Å². The molecule has 1 amide bonds. The fraction of sp³-hybridized carbons (Fsp3) is 0.105. The van der Waals surface area contributed by atoms with Gasteiger partial charge in [-0.1, -0.05) is 29.8 Å². The number of halogens is 2. The third-order valence-corrected chi connectivity index (χ3v) is 4.44. The van der Waals surface area contributed by atoms with E-state index >= 15 is 0 Å². The average molecular weight is 388 g/mol. The topological polar surface area (TPSA) is 68.3 Å². The molecule has 0 fully saturated rings. The molecular formula is C19H14F2N2O3S. The lowest BCUT2D eigenvalue weighted by molar-refractivity contribution is -0.119. The first kappa shape index (κ1) is 18.7. The Balaban J connectivity index is 1.58. The van der Waals surface area contributed by atoms with E-state index in [1.54, 1.807) is 0 Å². The van der Waals surface area contributed by atoms with Crippen molar-refractivity contribution >= 4 is 28.9 Å². The van der Waals surface area contributed by atoms with Gasteiger partial charge in [0.05, 0.1) is 5.69 Å². The lowest BCUT2D eigenvalue weighted by atomic mass is 10.2. The molecule has 0 saturated heterocycles. The summed E-state index contributed by atoms with van der Waals surface area (Å²) in [6.45, 7) is 1.32. The van der Waals surface area contributed by atoms with E-state index in [4.69, 9.17) is 4.74 Å². The van der Waals surface area contributed by atoms with Crippen LogP contribution in [-0.2, 0) is 9.53 Å². The second kappa shape index (κ2) is 8.05. The van der Waals surface area contributed by atoms with Crippen LogP contribution in [-0.4, -0.2) is 23.5 Å². The van der Waals surface area contributed by atoms with Crippen molar-refractivity contribution in [3.8, 4) is 10.6 Å². The normalized spacial score (nSPS) is 10.5.